The molecular formula is C24H26Cl2N2O2. The highest BCUT2D eigenvalue weighted by Crippen LogP contribution is 2.26. The number of likely N-dealkylation sites (tertiary alicyclic amines) is 1. The van der Waals surface area contributed by atoms with Crippen LogP contribution < -0.4 is 0 Å². The van der Waals surface area contributed by atoms with E-state index in [4.69, 9.17) is 27.9 Å². The summed E-state index contributed by atoms with van der Waals surface area (Å²) in [5.74, 6) is -0.344. The zero-order chi connectivity index (χ0) is 21.1. The first-order valence-corrected chi connectivity index (χ1v) is 11.2. The van der Waals surface area contributed by atoms with E-state index in [1.165, 1.54) is 37.9 Å². The van der Waals surface area contributed by atoms with Gasteiger partial charge in [0.25, 0.3) is 0 Å². The number of H-pyrrole nitrogens is 1. The average Bonchev–Trinajstić information content (AvgIpc) is 3.05. The number of rotatable bonds is 6. The summed E-state index contributed by atoms with van der Waals surface area (Å²) in [6.45, 7) is 5.47. The highest BCUT2D eigenvalue weighted by molar-refractivity contribution is 6.34. The summed E-state index contributed by atoms with van der Waals surface area (Å²) in [5.41, 5.74) is 4.36. The molecule has 1 aliphatic heterocycles. The molecule has 0 aliphatic carbocycles. The summed E-state index contributed by atoms with van der Waals surface area (Å²) in [4.78, 5) is 18.7. The Morgan fingerprint density at radius 2 is 1.77 bits per heavy atom. The molecule has 2 heterocycles. The van der Waals surface area contributed by atoms with E-state index in [2.05, 4.69) is 28.1 Å². The number of fused-ring (bicyclic) bond motifs is 1. The topological polar surface area (TPSA) is 45.3 Å². The number of carbonyl (C=O) groups is 1. The van der Waals surface area contributed by atoms with Crippen LogP contribution in [-0.2, 0) is 17.8 Å². The minimum atomic E-state index is -0.344. The van der Waals surface area contributed by atoms with Gasteiger partial charge in [0.2, 0.25) is 0 Å². The number of aryl methyl sites for hydroxylation is 1. The van der Waals surface area contributed by atoms with Gasteiger partial charge in [0, 0.05) is 33.2 Å². The number of ether oxygens (including phenoxy) is 1. The van der Waals surface area contributed by atoms with E-state index < -0.39 is 0 Å². The van der Waals surface area contributed by atoms with Crippen LogP contribution in [-0.4, -0.2) is 35.5 Å². The molecule has 0 spiro atoms. The predicted octanol–water partition coefficient (Wildman–Crippen LogP) is 6.17. The van der Waals surface area contributed by atoms with Crippen LogP contribution in [0.4, 0.5) is 0 Å². The highest BCUT2D eigenvalue weighted by Gasteiger charge is 2.18. The Morgan fingerprint density at radius 3 is 2.50 bits per heavy atom. The first-order chi connectivity index (χ1) is 14.5. The number of benzene rings is 2. The molecule has 6 heteroatoms. The van der Waals surface area contributed by atoms with E-state index in [1.807, 2.05) is 6.92 Å². The lowest BCUT2D eigenvalue weighted by molar-refractivity contribution is 0.0474. The molecule has 0 atom stereocenters. The summed E-state index contributed by atoms with van der Waals surface area (Å²) in [5, 5.41) is 1.96. The first-order valence-electron chi connectivity index (χ1n) is 10.5. The SMILES string of the molecule is Cc1[nH]c2ccc(CCN3CCCCC3)cc2c1C(=O)OCc1cc(Cl)cc(Cl)c1. The van der Waals surface area contributed by atoms with Crippen molar-refractivity contribution in [1.82, 2.24) is 9.88 Å². The molecule has 1 fully saturated rings. The van der Waals surface area contributed by atoms with E-state index in [0.717, 1.165) is 35.1 Å². The van der Waals surface area contributed by atoms with Gasteiger partial charge in [-0.3, -0.25) is 0 Å². The molecular weight excluding hydrogens is 419 g/mol. The lowest BCUT2D eigenvalue weighted by Crippen LogP contribution is -2.31. The maximum atomic E-state index is 12.9. The largest absolute Gasteiger partial charge is 0.457 e. The maximum absolute atomic E-state index is 12.9. The van der Waals surface area contributed by atoms with Gasteiger partial charge in [-0.05, 0) is 80.7 Å². The molecule has 0 amide bonds. The molecule has 2 aromatic carbocycles. The number of piperidine rings is 1. The number of hydrogen-bond acceptors (Lipinski definition) is 3. The highest BCUT2D eigenvalue weighted by atomic mass is 35.5. The third-order valence-electron chi connectivity index (χ3n) is 5.71. The van der Waals surface area contributed by atoms with Crippen LogP contribution in [0, 0.1) is 6.92 Å². The smallest absolute Gasteiger partial charge is 0.340 e. The second kappa shape index (κ2) is 9.42. The summed E-state index contributed by atoms with van der Waals surface area (Å²) in [7, 11) is 0. The van der Waals surface area contributed by atoms with Crippen molar-refractivity contribution in [3.63, 3.8) is 0 Å². The molecule has 3 aromatic rings. The predicted molar refractivity (Wildman–Crippen MR) is 123 cm³/mol. The number of hydrogen-bond donors (Lipinski definition) is 1. The Kier molecular flexibility index (Phi) is 6.67. The quantitative estimate of drug-likeness (QED) is 0.462. The Morgan fingerprint density at radius 1 is 1.03 bits per heavy atom. The van der Waals surface area contributed by atoms with E-state index in [1.54, 1.807) is 18.2 Å². The van der Waals surface area contributed by atoms with Gasteiger partial charge in [-0.15, -0.1) is 0 Å². The van der Waals surface area contributed by atoms with Crippen LogP contribution in [0.1, 0.15) is 46.4 Å². The normalized spacial score (nSPS) is 14.9. The fourth-order valence-electron chi connectivity index (χ4n) is 4.18. The van der Waals surface area contributed by atoms with Crippen molar-refractivity contribution in [2.24, 2.45) is 0 Å². The molecule has 1 aliphatic rings. The fourth-order valence-corrected chi connectivity index (χ4v) is 4.75. The lowest BCUT2D eigenvalue weighted by atomic mass is 10.0. The van der Waals surface area contributed by atoms with E-state index in [9.17, 15) is 4.79 Å². The van der Waals surface area contributed by atoms with Crippen molar-refractivity contribution in [2.45, 2.75) is 39.2 Å². The van der Waals surface area contributed by atoms with Crippen LogP contribution in [0.3, 0.4) is 0 Å². The number of carbonyl (C=O) groups excluding carboxylic acids is 1. The van der Waals surface area contributed by atoms with Crippen molar-refractivity contribution >= 4 is 40.1 Å². The van der Waals surface area contributed by atoms with Gasteiger partial charge in [-0.2, -0.15) is 0 Å². The summed E-state index contributed by atoms with van der Waals surface area (Å²) in [6, 6.07) is 11.5. The number of aromatic amines is 1. The fraction of sp³-hybridized carbons (Fsp3) is 0.375. The Balaban J connectivity index is 1.49. The number of nitrogens with zero attached hydrogens (tertiary/aromatic N) is 1. The van der Waals surface area contributed by atoms with Crippen molar-refractivity contribution < 1.29 is 9.53 Å². The first kappa shape index (κ1) is 21.2. The minimum Gasteiger partial charge on any atom is -0.457 e. The van der Waals surface area contributed by atoms with Crippen molar-refractivity contribution in [3.8, 4) is 0 Å². The standard InChI is InChI=1S/C24H26Cl2N2O2/c1-16-23(24(29)30-15-18-11-19(25)14-20(26)12-18)21-13-17(5-6-22(21)27-16)7-10-28-8-3-2-4-9-28/h5-6,11-14,27H,2-4,7-10,15H2,1H3. The van der Waals surface area contributed by atoms with Crippen LogP contribution in [0.2, 0.25) is 10.0 Å². The van der Waals surface area contributed by atoms with E-state index >= 15 is 0 Å². The maximum Gasteiger partial charge on any atom is 0.340 e. The molecule has 4 rings (SSSR count). The molecule has 30 heavy (non-hydrogen) atoms. The molecule has 4 nitrogen and oxygen atoms in total. The van der Waals surface area contributed by atoms with Crippen molar-refractivity contribution in [3.05, 3.63) is 68.8 Å². The lowest BCUT2D eigenvalue weighted by Gasteiger charge is -2.26. The third kappa shape index (κ3) is 5.00. The Hall–Kier alpha value is -2.01. The van der Waals surface area contributed by atoms with Crippen molar-refractivity contribution in [2.75, 3.05) is 19.6 Å². The average molecular weight is 445 g/mol. The monoisotopic (exact) mass is 444 g/mol. The summed E-state index contributed by atoms with van der Waals surface area (Å²) in [6.07, 6.45) is 4.92. The van der Waals surface area contributed by atoms with Gasteiger partial charge in [0.05, 0.1) is 5.56 Å². The molecule has 1 N–H and O–H groups in total. The molecule has 0 radical (unpaired) electrons. The summed E-state index contributed by atoms with van der Waals surface area (Å²) < 4.78 is 5.58. The van der Waals surface area contributed by atoms with Gasteiger partial charge >= 0.3 is 5.97 Å². The van der Waals surface area contributed by atoms with E-state index in [-0.39, 0.29) is 12.6 Å². The minimum absolute atomic E-state index is 0.125. The Bertz CT molecular complexity index is 1030. The van der Waals surface area contributed by atoms with Gasteiger partial charge in [0.15, 0.2) is 0 Å². The van der Waals surface area contributed by atoms with Crippen LogP contribution in [0.25, 0.3) is 10.9 Å². The van der Waals surface area contributed by atoms with Gasteiger partial charge in [-0.1, -0.05) is 35.7 Å². The number of halogens is 2. The van der Waals surface area contributed by atoms with Gasteiger partial charge in [0.1, 0.15) is 6.61 Å². The van der Waals surface area contributed by atoms with E-state index in [0.29, 0.717) is 15.6 Å². The molecule has 158 valence electrons. The second-order valence-electron chi connectivity index (χ2n) is 8.01. The molecule has 1 saturated heterocycles. The van der Waals surface area contributed by atoms with Crippen LogP contribution in [0.15, 0.2) is 36.4 Å². The molecule has 0 unspecified atom stereocenters. The number of aromatic nitrogens is 1. The van der Waals surface area contributed by atoms with Gasteiger partial charge < -0.3 is 14.6 Å². The van der Waals surface area contributed by atoms with Crippen LogP contribution >= 0.6 is 23.2 Å². The molecule has 0 saturated carbocycles. The van der Waals surface area contributed by atoms with Crippen LogP contribution in [0.5, 0.6) is 0 Å². The number of nitrogens with one attached hydrogen (secondary N) is 1. The zero-order valence-electron chi connectivity index (χ0n) is 17.1. The van der Waals surface area contributed by atoms with Gasteiger partial charge in [-0.25, -0.2) is 4.79 Å². The Labute approximate surface area is 187 Å². The van der Waals surface area contributed by atoms with Crippen molar-refractivity contribution in [1.29, 1.82) is 0 Å². The third-order valence-corrected chi connectivity index (χ3v) is 6.15. The number of esters is 1. The molecule has 0 bridgehead atoms. The summed E-state index contributed by atoms with van der Waals surface area (Å²) >= 11 is 12.1. The second-order valence-corrected chi connectivity index (χ2v) is 8.88. The molecule has 1 aromatic heterocycles. The zero-order valence-corrected chi connectivity index (χ0v) is 18.7.